The van der Waals surface area contributed by atoms with Gasteiger partial charge in [0.05, 0.1) is 10.5 Å². The van der Waals surface area contributed by atoms with Gasteiger partial charge >= 0.3 is 0 Å². The van der Waals surface area contributed by atoms with E-state index < -0.39 is 4.92 Å². The largest absolute Gasteiger partial charge is 0.276 e. The fraction of sp³-hybridized carbons (Fsp3) is 0. The van der Waals surface area contributed by atoms with E-state index in [9.17, 15) is 14.5 Å². The Morgan fingerprint density at radius 1 is 1.00 bits per heavy atom. The Hall–Kier alpha value is -2.49. The Labute approximate surface area is 103 Å². The fourth-order valence-electron chi connectivity index (χ4n) is 1.55. The lowest BCUT2D eigenvalue weighted by atomic mass is 10.1. The van der Waals surface area contributed by atoms with E-state index in [1.54, 1.807) is 42.5 Å². The highest BCUT2D eigenvalue weighted by Gasteiger charge is 2.08. The molecule has 0 radical (unpaired) electrons. The van der Waals surface area contributed by atoms with Crippen LogP contribution in [0, 0.1) is 15.9 Å². The summed E-state index contributed by atoms with van der Waals surface area (Å²) in [6.45, 7) is 0. The topological polar surface area (TPSA) is 43.1 Å². The van der Waals surface area contributed by atoms with Crippen LogP contribution in [0.15, 0.2) is 48.5 Å². The van der Waals surface area contributed by atoms with Gasteiger partial charge in [0, 0.05) is 6.07 Å². The van der Waals surface area contributed by atoms with Gasteiger partial charge in [0.2, 0.25) is 0 Å². The van der Waals surface area contributed by atoms with E-state index in [0.29, 0.717) is 5.56 Å². The summed E-state index contributed by atoms with van der Waals surface area (Å²) < 4.78 is 12.7. The molecule has 4 heteroatoms. The predicted octanol–water partition coefficient (Wildman–Crippen LogP) is 3.90. The van der Waals surface area contributed by atoms with Crippen LogP contribution in [0.1, 0.15) is 11.1 Å². The average Bonchev–Trinajstić information content (AvgIpc) is 2.38. The molecule has 0 spiro atoms. The summed E-state index contributed by atoms with van der Waals surface area (Å²) in [5.74, 6) is -0.308. The van der Waals surface area contributed by atoms with Gasteiger partial charge in [-0.25, -0.2) is 4.39 Å². The molecular weight excluding hydrogens is 233 g/mol. The molecule has 0 amide bonds. The molecular formula is C14H10FNO2. The molecule has 0 unspecified atom stereocenters. The van der Waals surface area contributed by atoms with Crippen molar-refractivity contribution in [3.05, 3.63) is 75.6 Å². The maximum atomic E-state index is 12.7. The summed E-state index contributed by atoms with van der Waals surface area (Å²) in [4.78, 5) is 10.4. The third kappa shape index (κ3) is 2.79. The predicted molar refractivity (Wildman–Crippen MR) is 68.4 cm³/mol. The quantitative estimate of drug-likeness (QED) is 0.466. The number of rotatable bonds is 3. The van der Waals surface area contributed by atoms with Crippen LogP contribution in [-0.2, 0) is 0 Å². The highest BCUT2D eigenvalue weighted by molar-refractivity contribution is 5.73. The van der Waals surface area contributed by atoms with Crippen LogP contribution in [0.5, 0.6) is 0 Å². The minimum Gasteiger partial charge on any atom is -0.258 e. The third-order valence-corrected chi connectivity index (χ3v) is 2.46. The number of benzene rings is 2. The molecule has 18 heavy (non-hydrogen) atoms. The number of nitro benzene ring substituents is 1. The Balaban J connectivity index is 2.29. The molecule has 2 rings (SSSR count). The molecule has 0 aliphatic carbocycles. The van der Waals surface area contributed by atoms with Gasteiger partial charge in [0.1, 0.15) is 5.82 Å². The Bertz CT molecular complexity index is 591. The molecule has 0 aromatic heterocycles. The van der Waals surface area contributed by atoms with Gasteiger partial charge in [-0.05, 0) is 29.8 Å². The minimum absolute atomic E-state index is 0.0517. The second kappa shape index (κ2) is 5.23. The second-order valence-corrected chi connectivity index (χ2v) is 3.70. The number of para-hydroxylation sites is 1. The number of nitrogens with zero attached hydrogens (tertiary/aromatic N) is 1. The molecule has 0 saturated carbocycles. The highest BCUT2D eigenvalue weighted by atomic mass is 19.1. The molecule has 0 fully saturated rings. The third-order valence-electron chi connectivity index (χ3n) is 2.46. The maximum Gasteiger partial charge on any atom is 0.276 e. The molecule has 0 saturated heterocycles. The van der Waals surface area contributed by atoms with Crippen molar-refractivity contribution in [1.29, 1.82) is 0 Å². The van der Waals surface area contributed by atoms with E-state index >= 15 is 0 Å². The van der Waals surface area contributed by atoms with Crippen LogP contribution in [0.25, 0.3) is 12.2 Å². The standard InChI is InChI=1S/C14H10FNO2/c15-13-9-6-11(7-10-13)5-8-12-3-1-2-4-14(12)16(17)18/h1-10H. The number of nitro groups is 1. The summed E-state index contributed by atoms with van der Waals surface area (Å²) in [6.07, 6.45) is 3.35. The van der Waals surface area contributed by atoms with Gasteiger partial charge in [-0.3, -0.25) is 10.1 Å². The molecule has 3 nitrogen and oxygen atoms in total. The molecule has 2 aromatic carbocycles. The van der Waals surface area contributed by atoms with Gasteiger partial charge in [-0.2, -0.15) is 0 Å². The van der Waals surface area contributed by atoms with Crippen molar-refractivity contribution in [3.8, 4) is 0 Å². The van der Waals surface area contributed by atoms with Crippen LogP contribution in [0.4, 0.5) is 10.1 Å². The maximum absolute atomic E-state index is 12.7. The van der Waals surface area contributed by atoms with Crippen LogP contribution < -0.4 is 0 Å². The zero-order valence-electron chi connectivity index (χ0n) is 9.42. The van der Waals surface area contributed by atoms with E-state index in [4.69, 9.17) is 0 Å². The van der Waals surface area contributed by atoms with Gasteiger partial charge in [-0.15, -0.1) is 0 Å². The lowest BCUT2D eigenvalue weighted by Gasteiger charge is -1.97. The number of hydrogen-bond acceptors (Lipinski definition) is 2. The van der Waals surface area contributed by atoms with Crippen molar-refractivity contribution >= 4 is 17.8 Å². The molecule has 0 N–H and O–H groups in total. The zero-order chi connectivity index (χ0) is 13.0. The Morgan fingerprint density at radius 2 is 1.67 bits per heavy atom. The van der Waals surface area contributed by atoms with E-state index in [2.05, 4.69) is 0 Å². The molecule has 0 aliphatic rings. The zero-order valence-corrected chi connectivity index (χ0v) is 9.42. The highest BCUT2D eigenvalue weighted by Crippen LogP contribution is 2.20. The summed E-state index contributed by atoms with van der Waals surface area (Å²) in [5, 5.41) is 10.8. The van der Waals surface area contributed by atoms with Crippen LogP contribution in [0.2, 0.25) is 0 Å². The summed E-state index contributed by atoms with van der Waals surface area (Å²) >= 11 is 0. The number of hydrogen-bond donors (Lipinski definition) is 0. The lowest BCUT2D eigenvalue weighted by Crippen LogP contribution is -1.90. The molecule has 2 aromatic rings. The van der Waals surface area contributed by atoms with Gasteiger partial charge in [0.15, 0.2) is 0 Å². The smallest absolute Gasteiger partial charge is 0.258 e. The van der Waals surface area contributed by atoms with Gasteiger partial charge < -0.3 is 0 Å². The summed E-state index contributed by atoms with van der Waals surface area (Å²) in [5.41, 5.74) is 1.36. The monoisotopic (exact) mass is 243 g/mol. The van der Waals surface area contributed by atoms with Crippen molar-refractivity contribution < 1.29 is 9.31 Å². The van der Waals surface area contributed by atoms with E-state index in [1.165, 1.54) is 18.2 Å². The van der Waals surface area contributed by atoms with Gasteiger partial charge in [0.25, 0.3) is 5.69 Å². The van der Waals surface area contributed by atoms with Gasteiger partial charge in [-0.1, -0.05) is 30.3 Å². The first-order valence-corrected chi connectivity index (χ1v) is 5.34. The van der Waals surface area contributed by atoms with Crippen molar-refractivity contribution in [2.45, 2.75) is 0 Å². The Morgan fingerprint density at radius 3 is 2.33 bits per heavy atom. The normalized spacial score (nSPS) is 10.7. The van der Waals surface area contributed by atoms with Crippen molar-refractivity contribution in [2.24, 2.45) is 0 Å². The molecule has 0 aliphatic heterocycles. The fourth-order valence-corrected chi connectivity index (χ4v) is 1.55. The van der Waals surface area contributed by atoms with Crippen molar-refractivity contribution in [3.63, 3.8) is 0 Å². The average molecular weight is 243 g/mol. The molecule has 0 atom stereocenters. The first-order valence-electron chi connectivity index (χ1n) is 5.34. The first-order chi connectivity index (χ1) is 8.66. The first kappa shape index (κ1) is 12.0. The summed E-state index contributed by atoms with van der Waals surface area (Å²) in [6, 6.07) is 12.4. The van der Waals surface area contributed by atoms with E-state index in [0.717, 1.165) is 5.56 Å². The lowest BCUT2D eigenvalue weighted by molar-refractivity contribution is -0.385. The molecule has 0 bridgehead atoms. The van der Waals surface area contributed by atoms with Crippen molar-refractivity contribution in [1.82, 2.24) is 0 Å². The van der Waals surface area contributed by atoms with Crippen LogP contribution >= 0.6 is 0 Å². The molecule has 90 valence electrons. The second-order valence-electron chi connectivity index (χ2n) is 3.70. The van der Waals surface area contributed by atoms with Crippen LogP contribution in [0.3, 0.4) is 0 Å². The van der Waals surface area contributed by atoms with Crippen molar-refractivity contribution in [2.75, 3.05) is 0 Å². The summed E-state index contributed by atoms with van der Waals surface area (Å²) in [7, 11) is 0. The molecule has 0 heterocycles. The minimum atomic E-state index is -0.426. The SMILES string of the molecule is O=[N+]([O-])c1ccccc1C=Cc1ccc(F)cc1. The number of halogens is 1. The van der Waals surface area contributed by atoms with E-state index in [1.807, 2.05) is 0 Å². The van der Waals surface area contributed by atoms with Crippen LogP contribution in [-0.4, -0.2) is 4.92 Å². The Kier molecular flexibility index (Phi) is 3.48. The van der Waals surface area contributed by atoms with E-state index in [-0.39, 0.29) is 11.5 Å².